The third-order valence-electron chi connectivity index (χ3n) is 1.74. The molecule has 1 unspecified atom stereocenters. The first-order valence-electron chi connectivity index (χ1n) is 4.09. The molecule has 14 heavy (non-hydrogen) atoms. The molecule has 76 valence electrons. The zero-order valence-electron chi connectivity index (χ0n) is 7.40. The molecule has 1 atom stereocenters. The van der Waals surface area contributed by atoms with Crippen molar-refractivity contribution in [3.05, 3.63) is 29.3 Å². The number of nitrogens with one attached hydrogen (secondary N) is 1. The van der Waals surface area contributed by atoms with Gasteiger partial charge in [0.25, 0.3) is 0 Å². The maximum absolute atomic E-state index is 10.7. The van der Waals surface area contributed by atoms with Crippen molar-refractivity contribution in [2.45, 2.75) is 6.04 Å². The van der Waals surface area contributed by atoms with Crippen LogP contribution in [0.4, 0.5) is 5.69 Å². The van der Waals surface area contributed by atoms with E-state index in [2.05, 4.69) is 5.32 Å². The molecule has 0 aliphatic carbocycles. The second-order valence-electron chi connectivity index (χ2n) is 2.75. The van der Waals surface area contributed by atoms with Crippen molar-refractivity contribution in [1.82, 2.24) is 0 Å². The summed E-state index contributed by atoms with van der Waals surface area (Å²) in [6, 6.07) is 6.11. The van der Waals surface area contributed by atoms with Crippen LogP contribution in [0.5, 0.6) is 0 Å². The summed E-state index contributed by atoms with van der Waals surface area (Å²) in [4.78, 5) is 10.7. The Morgan fingerprint density at radius 3 is 2.71 bits per heavy atom. The predicted molar refractivity (Wildman–Crippen MR) is 55.6 cm³/mol. The van der Waals surface area contributed by atoms with Crippen molar-refractivity contribution in [2.75, 3.05) is 11.9 Å². The van der Waals surface area contributed by atoms with Gasteiger partial charge in [0, 0.05) is 6.54 Å². The van der Waals surface area contributed by atoms with E-state index in [4.69, 9.17) is 22.4 Å². The molecular formula is C9H11ClN2O2. The highest BCUT2D eigenvalue weighted by Crippen LogP contribution is 2.20. The summed E-state index contributed by atoms with van der Waals surface area (Å²) in [6.07, 6.45) is 0. The molecule has 0 saturated heterocycles. The summed E-state index contributed by atoms with van der Waals surface area (Å²) in [5.74, 6) is -0.993. The molecule has 0 bridgehead atoms. The molecule has 0 aromatic heterocycles. The molecule has 0 aliphatic rings. The van der Waals surface area contributed by atoms with Gasteiger partial charge in [-0.25, -0.2) is 4.79 Å². The number of para-hydroxylation sites is 1. The predicted octanol–water partition coefficient (Wildman–Crippen LogP) is 1.16. The molecule has 0 saturated carbocycles. The zero-order valence-corrected chi connectivity index (χ0v) is 8.16. The normalized spacial score (nSPS) is 12.1. The maximum Gasteiger partial charge on any atom is 0.327 e. The molecule has 1 rings (SSSR count). The first-order chi connectivity index (χ1) is 6.65. The minimum absolute atomic E-state index is 0.0144. The van der Waals surface area contributed by atoms with Gasteiger partial charge >= 0.3 is 5.97 Å². The molecule has 0 radical (unpaired) electrons. The van der Waals surface area contributed by atoms with Crippen LogP contribution in [0, 0.1) is 0 Å². The molecule has 4 N–H and O–H groups in total. The highest BCUT2D eigenvalue weighted by atomic mass is 35.5. The minimum atomic E-state index is -0.993. The minimum Gasteiger partial charge on any atom is -0.480 e. The lowest BCUT2D eigenvalue weighted by atomic mass is 10.2. The molecule has 0 aliphatic heterocycles. The van der Waals surface area contributed by atoms with Crippen molar-refractivity contribution in [2.24, 2.45) is 5.73 Å². The number of carbonyl (C=O) groups is 1. The number of carboxylic acids is 1. The third kappa shape index (κ3) is 2.61. The van der Waals surface area contributed by atoms with E-state index in [1.54, 1.807) is 24.3 Å². The highest BCUT2D eigenvalue weighted by Gasteiger charge is 2.15. The lowest BCUT2D eigenvalue weighted by Gasteiger charge is -2.14. The van der Waals surface area contributed by atoms with Crippen LogP contribution in [0.15, 0.2) is 24.3 Å². The van der Waals surface area contributed by atoms with Crippen molar-refractivity contribution in [3.63, 3.8) is 0 Å². The summed E-state index contributed by atoms with van der Waals surface area (Å²) < 4.78 is 0. The van der Waals surface area contributed by atoms with Crippen LogP contribution in [0.25, 0.3) is 0 Å². The Kier molecular flexibility index (Phi) is 3.73. The molecule has 0 heterocycles. The van der Waals surface area contributed by atoms with Gasteiger partial charge < -0.3 is 16.2 Å². The van der Waals surface area contributed by atoms with Crippen molar-refractivity contribution >= 4 is 23.3 Å². The number of benzene rings is 1. The standard InChI is InChI=1S/C9H11ClN2O2/c10-6-3-1-2-4-7(6)12-8(5-11)9(13)14/h1-4,8,12H,5,11H2,(H,13,14). The number of carboxylic acid groups (broad SMARTS) is 1. The summed E-state index contributed by atoms with van der Waals surface area (Å²) in [6.45, 7) is 0.0144. The van der Waals surface area contributed by atoms with Crippen molar-refractivity contribution in [3.8, 4) is 0 Å². The highest BCUT2D eigenvalue weighted by molar-refractivity contribution is 6.33. The van der Waals surface area contributed by atoms with E-state index in [1.807, 2.05) is 0 Å². The average Bonchev–Trinajstić information content (AvgIpc) is 2.16. The van der Waals surface area contributed by atoms with Crippen LogP contribution >= 0.6 is 11.6 Å². The van der Waals surface area contributed by atoms with E-state index < -0.39 is 12.0 Å². The topological polar surface area (TPSA) is 75.3 Å². The first kappa shape index (κ1) is 10.8. The largest absolute Gasteiger partial charge is 0.480 e. The zero-order chi connectivity index (χ0) is 10.6. The fourth-order valence-corrected chi connectivity index (χ4v) is 1.18. The van der Waals surface area contributed by atoms with Crippen LogP contribution in [0.3, 0.4) is 0 Å². The van der Waals surface area contributed by atoms with Crippen LogP contribution < -0.4 is 11.1 Å². The van der Waals surface area contributed by atoms with Gasteiger partial charge in [0.15, 0.2) is 0 Å². The smallest absolute Gasteiger partial charge is 0.327 e. The fraction of sp³-hybridized carbons (Fsp3) is 0.222. The van der Waals surface area contributed by atoms with E-state index in [-0.39, 0.29) is 6.54 Å². The average molecular weight is 215 g/mol. The van der Waals surface area contributed by atoms with Gasteiger partial charge in [0.05, 0.1) is 10.7 Å². The Morgan fingerprint density at radius 1 is 1.57 bits per heavy atom. The Balaban J connectivity index is 2.77. The van der Waals surface area contributed by atoms with Gasteiger partial charge in [0.2, 0.25) is 0 Å². The molecule has 5 heteroatoms. The summed E-state index contributed by atoms with van der Waals surface area (Å²) in [5.41, 5.74) is 5.86. The monoisotopic (exact) mass is 214 g/mol. The molecule has 4 nitrogen and oxygen atoms in total. The lowest BCUT2D eigenvalue weighted by molar-refractivity contribution is -0.137. The number of hydrogen-bond donors (Lipinski definition) is 3. The third-order valence-corrected chi connectivity index (χ3v) is 2.07. The van der Waals surface area contributed by atoms with Gasteiger partial charge in [-0.15, -0.1) is 0 Å². The lowest BCUT2D eigenvalue weighted by Crippen LogP contribution is -2.36. The maximum atomic E-state index is 10.7. The Hall–Kier alpha value is -1.26. The number of aliphatic carboxylic acids is 1. The SMILES string of the molecule is NCC(Nc1ccccc1Cl)C(=O)O. The van der Waals surface area contributed by atoms with E-state index in [0.29, 0.717) is 10.7 Å². The van der Waals surface area contributed by atoms with Crippen LogP contribution in [0.1, 0.15) is 0 Å². The first-order valence-corrected chi connectivity index (χ1v) is 4.47. The second kappa shape index (κ2) is 4.83. The van der Waals surface area contributed by atoms with Gasteiger partial charge in [0.1, 0.15) is 6.04 Å². The van der Waals surface area contributed by atoms with Gasteiger partial charge in [-0.05, 0) is 12.1 Å². The number of nitrogens with two attached hydrogens (primary N) is 1. The van der Waals surface area contributed by atoms with Gasteiger partial charge in [-0.2, -0.15) is 0 Å². The molecule has 1 aromatic rings. The Bertz CT molecular complexity index is 330. The molecule has 0 spiro atoms. The number of halogens is 1. The number of anilines is 1. The quantitative estimate of drug-likeness (QED) is 0.703. The van der Waals surface area contributed by atoms with E-state index in [9.17, 15) is 4.79 Å². The molecule has 0 amide bonds. The fourth-order valence-electron chi connectivity index (χ4n) is 0.987. The van der Waals surface area contributed by atoms with Crippen LogP contribution in [-0.2, 0) is 4.79 Å². The van der Waals surface area contributed by atoms with E-state index in [0.717, 1.165) is 0 Å². The van der Waals surface area contributed by atoms with Gasteiger partial charge in [-0.1, -0.05) is 23.7 Å². The van der Waals surface area contributed by atoms with E-state index in [1.165, 1.54) is 0 Å². The molecule has 1 aromatic carbocycles. The van der Waals surface area contributed by atoms with Gasteiger partial charge in [-0.3, -0.25) is 0 Å². The summed E-state index contributed by atoms with van der Waals surface area (Å²) >= 11 is 5.83. The molecular weight excluding hydrogens is 204 g/mol. The van der Waals surface area contributed by atoms with Crippen molar-refractivity contribution < 1.29 is 9.90 Å². The Labute approximate surface area is 86.7 Å². The molecule has 0 fully saturated rings. The summed E-state index contributed by atoms with van der Waals surface area (Å²) in [7, 11) is 0. The Morgan fingerprint density at radius 2 is 2.21 bits per heavy atom. The van der Waals surface area contributed by atoms with Crippen LogP contribution in [-0.4, -0.2) is 23.7 Å². The van der Waals surface area contributed by atoms with E-state index >= 15 is 0 Å². The second-order valence-corrected chi connectivity index (χ2v) is 3.16. The number of hydrogen-bond acceptors (Lipinski definition) is 3. The number of rotatable bonds is 4. The van der Waals surface area contributed by atoms with Crippen LogP contribution in [0.2, 0.25) is 5.02 Å². The van der Waals surface area contributed by atoms with Crippen molar-refractivity contribution in [1.29, 1.82) is 0 Å². The summed E-state index contributed by atoms with van der Waals surface area (Å²) in [5, 5.41) is 12.0.